The highest BCUT2D eigenvalue weighted by atomic mass is 15.3. The van der Waals surface area contributed by atoms with Crippen LogP contribution >= 0.6 is 0 Å². The molecule has 3 aromatic carbocycles. The van der Waals surface area contributed by atoms with Crippen LogP contribution in [0, 0.1) is 5.92 Å². The number of benzene rings is 3. The van der Waals surface area contributed by atoms with Gasteiger partial charge in [0.25, 0.3) is 0 Å². The molecule has 1 saturated heterocycles. The first-order chi connectivity index (χ1) is 15.2. The molecule has 1 aliphatic carbocycles. The SMILES string of the molecule is CC(c1ccccc1)N1CC[C@@H](C2(N(Cc3ccccc3)Cc3ccccc3)CC2)C1. The van der Waals surface area contributed by atoms with Crippen molar-refractivity contribution in [1.82, 2.24) is 9.80 Å². The Kier molecular flexibility index (Phi) is 5.93. The third-order valence-electron chi connectivity index (χ3n) is 7.63. The van der Waals surface area contributed by atoms with E-state index in [0.717, 1.165) is 19.0 Å². The van der Waals surface area contributed by atoms with E-state index in [4.69, 9.17) is 0 Å². The van der Waals surface area contributed by atoms with E-state index in [1.54, 1.807) is 0 Å². The largest absolute Gasteiger partial charge is 0.296 e. The van der Waals surface area contributed by atoms with E-state index < -0.39 is 0 Å². The summed E-state index contributed by atoms with van der Waals surface area (Å²) in [5.74, 6) is 0.756. The Bertz CT molecular complexity index is 908. The van der Waals surface area contributed by atoms with Gasteiger partial charge >= 0.3 is 0 Å². The highest BCUT2D eigenvalue weighted by molar-refractivity contribution is 5.22. The molecule has 3 aromatic rings. The second-order valence-corrected chi connectivity index (χ2v) is 9.50. The van der Waals surface area contributed by atoms with Crippen LogP contribution in [-0.2, 0) is 13.1 Å². The predicted molar refractivity (Wildman–Crippen MR) is 129 cm³/mol. The molecule has 2 heteroatoms. The summed E-state index contributed by atoms with van der Waals surface area (Å²) in [6.07, 6.45) is 3.99. The first kappa shape index (κ1) is 20.5. The van der Waals surface area contributed by atoms with Gasteiger partial charge in [-0.15, -0.1) is 0 Å². The van der Waals surface area contributed by atoms with E-state index in [-0.39, 0.29) is 0 Å². The van der Waals surface area contributed by atoms with Gasteiger partial charge in [0.05, 0.1) is 0 Å². The maximum atomic E-state index is 2.80. The smallest absolute Gasteiger partial charge is 0.0320 e. The van der Waals surface area contributed by atoms with Crippen LogP contribution in [0.4, 0.5) is 0 Å². The van der Waals surface area contributed by atoms with Gasteiger partial charge in [0.2, 0.25) is 0 Å². The summed E-state index contributed by atoms with van der Waals surface area (Å²) in [5, 5.41) is 0. The van der Waals surface area contributed by atoms with Crippen molar-refractivity contribution in [2.24, 2.45) is 5.92 Å². The molecule has 0 amide bonds. The van der Waals surface area contributed by atoms with Crippen molar-refractivity contribution in [3.05, 3.63) is 108 Å². The highest BCUT2D eigenvalue weighted by Gasteiger charge is 2.55. The molecule has 0 N–H and O–H groups in total. The van der Waals surface area contributed by atoms with Gasteiger partial charge in [-0.2, -0.15) is 0 Å². The molecule has 160 valence electrons. The topological polar surface area (TPSA) is 6.48 Å². The zero-order valence-corrected chi connectivity index (χ0v) is 18.7. The Morgan fingerprint density at radius 3 is 1.84 bits per heavy atom. The lowest BCUT2D eigenvalue weighted by atomic mass is 9.93. The van der Waals surface area contributed by atoms with E-state index >= 15 is 0 Å². The van der Waals surface area contributed by atoms with Gasteiger partial charge in [-0.05, 0) is 55.3 Å². The molecule has 2 atom stereocenters. The maximum absolute atomic E-state index is 2.80. The third-order valence-corrected chi connectivity index (χ3v) is 7.63. The van der Waals surface area contributed by atoms with Crippen molar-refractivity contribution in [1.29, 1.82) is 0 Å². The summed E-state index contributed by atoms with van der Waals surface area (Å²) in [6, 6.07) is 33.6. The van der Waals surface area contributed by atoms with Crippen molar-refractivity contribution in [2.75, 3.05) is 13.1 Å². The van der Waals surface area contributed by atoms with Crippen molar-refractivity contribution < 1.29 is 0 Å². The van der Waals surface area contributed by atoms with Crippen molar-refractivity contribution in [2.45, 2.75) is 50.9 Å². The van der Waals surface area contributed by atoms with E-state index in [1.165, 1.54) is 49.0 Å². The van der Waals surface area contributed by atoms with Gasteiger partial charge < -0.3 is 0 Å². The molecule has 1 heterocycles. The van der Waals surface area contributed by atoms with Gasteiger partial charge in [0, 0.05) is 31.2 Å². The second kappa shape index (κ2) is 8.98. The van der Waals surface area contributed by atoms with Gasteiger partial charge in [0.15, 0.2) is 0 Å². The first-order valence-electron chi connectivity index (χ1n) is 11.9. The maximum Gasteiger partial charge on any atom is 0.0320 e. The molecule has 2 aliphatic rings. The number of hydrogen-bond donors (Lipinski definition) is 0. The summed E-state index contributed by atoms with van der Waals surface area (Å²) in [5.41, 5.74) is 4.66. The fourth-order valence-corrected chi connectivity index (χ4v) is 5.61. The van der Waals surface area contributed by atoms with Crippen molar-refractivity contribution >= 4 is 0 Å². The van der Waals surface area contributed by atoms with Crippen LogP contribution in [0.1, 0.15) is 48.9 Å². The Morgan fingerprint density at radius 1 is 0.806 bits per heavy atom. The van der Waals surface area contributed by atoms with Gasteiger partial charge in [-0.1, -0.05) is 91.0 Å². The molecule has 5 rings (SSSR count). The van der Waals surface area contributed by atoms with Crippen molar-refractivity contribution in [3.63, 3.8) is 0 Å². The minimum atomic E-state index is 0.358. The summed E-state index contributed by atoms with van der Waals surface area (Å²) in [7, 11) is 0. The van der Waals surface area contributed by atoms with Crippen LogP contribution in [-0.4, -0.2) is 28.4 Å². The third kappa shape index (κ3) is 4.46. The molecule has 0 bridgehead atoms. The summed E-state index contributed by atoms with van der Waals surface area (Å²) < 4.78 is 0. The van der Waals surface area contributed by atoms with Crippen LogP contribution in [0.3, 0.4) is 0 Å². The second-order valence-electron chi connectivity index (χ2n) is 9.50. The van der Waals surface area contributed by atoms with E-state index in [0.29, 0.717) is 11.6 Å². The molecule has 1 unspecified atom stereocenters. The van der Waals surface area contributed by atoms with Crippen LogP contribution in [0.25, 0.3) is 0 Å². The number of nitrogens with zero attached hydrogens (tertiary/aromatic N) is 2. The molecule has 0 spiro atoms. The van der Waals surface area contributed by atoms with Crippen molar-refractivity contribution in [3.8, 4) is 0 Å². The fourth-order valence-electron chi connectivity index (χ4n) is 5.61. The number of likely N-dealkylation sites (tertiary alicyclic amines) is 1. The van der Waals surface area contributed by atoms with Crippen LogP contribution < -0.4 is 0 Å². The Hall–Kier alpha value is -2.42. The molecule has 0 aromatic heterocycles. The average Bonchev–Trinajstić information content (AvgIpc) is 3.49. The fraction of sp³-hybridized carbons (Fsp3) is 0.379. The lowest BCUT2D eigenvalue weighted by Gasteiger charge is -2.37. The summed E-state index contributed by atoms with van der Waals surface area (Å²) in [6.45, 7) is 6.90. The minimum Gasteiger partial charge on any atom is -0.296 e. The monoisotopic (exact) mass is 410 g/mol. The van der Waals surface area contributed by atoms with Gasteiger partial charge in [-0.25, -0.2) is 0 Å². The number of rotatable bonds is 8. The molecular formula is C29H34N2. The normalized spacial score (nSPS) is 21.3. The zero-order valence-electron chi connectivity index (χ0n) is 18.7. The first-order valence-corrected chi connectivity index (χ1v) is 11.9. The lowest BCUT2D eigenvalue weighted by molar-refractivity contribution is 0.100. The zero-order chi connectivity index (χ0) is 21.1. The van der Waals surface area contributed by atoms with Gasteiger partial charge in [-0.3, -0.25) is 9.80 Å². The van der Waals surface area contributed by atoms with Crippen LogP contribution in [0.2, 0.25) is 0 Å². The standard InChI is InChI=1S/C29H34N2/c1-24(27-15-9-4-10-16-27)30-20-17-28(23-30)29(18-19-29)31(21-25-11-5-2-6-12-25)22-26-13-7-3-8-14-26/h2-16,24,28H,17-23H2,1H3/t24?,28-/m1/s1. The van der Waals surface area contributed by atoms with Crippen LogP contribution in [0.5, 0.6) is 0 Å². The summed E-state index contributed by atoms with van der Waals surface area (Å²) in [4.78, 5) is 5.52. The molecule has 31 heavy (non-hydrogen) atoms. The average molecular weight is 411 g/mol. The Morgan fingerprint density at radius 2 is 1.32 bits per heavy atom. The summed E-state index contributed by atoms with van der Waals surface area (Å²) >= 11 is 0. The predicted octanol–water partition coefficient (Wildman–Crippen LogP) is 6.30. The minimum absolute atomic E-state index is 0.358. The molecule has 0 radical (unpaired) electrons. The number of hydrogen-bond acceptors (Lipinski definition) is 2. The molecule has 1 saturated carbocycles. The Labute approximate surface area is 187 Å². The lowest BCUT2D eigenvalue weighted by Crippen LogP contribution is -2.43. The molecule has 2 fully saturated rings. The quantitative estimate of drug-likeness (QED) is 0.430. The molecule has 1 aliphatic heterocycles. The molecular weight excluding hydrogens is 376 g/mol. The van der Waals surface area contributed by atoms with Crippen LogP contribution in [0.15, 0.2) is 91.0 Å². The Balaban J connectivity index is 1.35. The molecule has 2 nitrogen and oxygen atoms in total. The van der Waals surface area contributed by atoms with E-state index in [2.05, 4.69) is 108 Å². The highest BCUT2D eigenvalue weighted by Crippen LogP contribution is 2.52. The van der Waals surface area contributed by atoms with E-state index in [1.807, 2.05) is 0 Å². The van der Waals surface area contributed by atoms with Gasteiger partial charge in [0.1, 0.15) is 0 Å². The van der Waals surface area contributed by atoms with E-state index in [9.17, 15) is 0 Å².